The van der Waals surface area contributed by atoms with Gasteiger partial charge in [0.1, 0.15) is 0 Å². The topological polar surface area (TPSA) is 68.5 Å². The summed E-state index contributed by atoms with van der Waals surface area (Å²) in [6, 6.07) is 4.28. The third kappa shape index (κ3) is 2.31. The van der Waals surface area contributed by atoms with Crippen LogP contribution in [0.5, 0.6) is 0 Å². The summed E-state index contributed by atoms with van der Waals surface area (Å²) in [5.41, 5.74) is 0.901. The first kappa shape index (κ1) is 10.3. The van der Waals surface area contributed by atoms with Crippen LogP contribution < -0.4 is 5.32 Å². The highest BCUT2D eigenvalue weighted by atomic mass is 15.6. The molecule has 3 rings (SSSR count). The molecule has 0 aliphatic carbocycles. The first-order chi connectivity index (χ1) is 8.42. The minimum absolute atomic E-state index is 0.478. The maximum atomic E-state index is 4.36. The van der Waals surface area contributed by atoms with Gasteiger partial charge >= 0.3 is 0 Å². The molecular weight excluding hydrogens is 216 g/mol. The third-order valence-electron chi connectivity index (χ3n) is 2.92. The van der Waals surface area contributed by atoms with Crippen molar-refractivity contribution < 1.29 is 0 Å². The Morgan fingerprint density at radius 3 is 3.24 bits per heavy atom. The van der Waals surface area contributed by atoms with E-state index in [0.29, 0.717) is 11.9 Å². The van der Waals surface area contributed by atoms with Crippen LogP contribution in [0.2, 0.25) is 0 Å². The number of hydrogen-bond donors (Lipinski definition) is 1. The van der Waals surface area contributed by atoms with Gasteiger partial charge in [0.15, 0.2) is 0 Å². The van der Waals surface area contributed by atoms with E-state index in [0.717, 1.165) is 18.7 Å². The highest BCUT2D eigenvalue weighted by Crippen LogP contribution is 2.11. The molecule has 1 aliphatic rings. The molecule has 0 radical (unpaired) electrons. The molecule has 1 aliphatic heterocycles. The largest absolute Gasteiger partial charge is 0.312 e. The summed E-state index contributed by atoms with van der Waals surface area (Å²) in [4.78, 5) is 5.70. The van der Waals surface area contributed by atoms with Crippen molar-refractivity contribution in [1.82, 2.24) is 30.5 Å². The molecule has 1 saturated heterocycles. The first-order valence-electron chi connectivity index (χ1n) is 5.83. The Morgan fingerprint density at radius 2 is 2.47 bits per heavy atom. The van der Waals surface area contributed by atoms with Crippen LogP contribution in [-0.2, 0) is 6.54 Å². The minimum atomic E-state index is 0.478. The molecule has 0 spiro atoms. The van der Waals surface area contributed by atoms with Gasteiger partial charge in [-0.15, -0.1) is 10.2 Å². The van der Waals surface area contributed by atoms with Crippen LogP contribution in [0, 0.1) is 0 Å². The van der Waals surface area contributed by atoms with Crippen molar-refractivity contribution in [2.75, 3.05) is 6.54 Å². The fourth-order valence-electron chi connectivity index (χ4n) is 2.04. The Balaban J connectivity index is 1.74. The predicted octanol–water partition coefficient (Wildman–Crippen LogP) is 0.487. The van der Waals surface area contributed by atoms with Crippen molar-refractivity contribution in [2.45, 2.75) is 25.4 Å². The van der Waals surface area contributed by atoms with E-state index in [1.54, 1.807) is 17.2 Å². The number of hydrogen-bond acceptors (Lipinski definition) is 5. The lowest BCUT2D eigenvalue weighted by Crippen LogP contribution is -2.27. The van der Waals surface area contributed by atoms with Crippen molar-refractivity contribution in [1.29, 1.82) is 0 Å². The van der Waals surface area contributed by atoms with Gasteiger partial charge in [0.2, 0.25) is 5.82 Å². The van der Waals surface area contributed by atoms with Gasteiger partial charge < -0.3 is 5.32 Å². The van der Waals surface area contributed by atoms with Gasteiger partial charge in [0.05, 0.1) is 6.54 Å². The maximum absolute atomic E-state index is 4.36. The zero-order valence-corrected chi connectivity index (χ0v) is 9.45. The molecule has 3 heterocycles. The maximum Gasteiger partial charge on any atom is 0.206 e. The number of tetrazole rings is 1. The van der Waals surface area contributed by atoms with Gasteiger partial charge in [0, 0.05) is 24.0 Å². The van der Waals surface area contributed by atoms with Gasteiger partial charge in [-0.05, 0) is 36.7 Å². The van der Waals surface area contributed by atoms with Gasteiger partial charge in [-0.2, -0.15) is 4.80 Å². The van der Waals surface area contributed by atoms with Crippen LogP contribution in [0.4, 0.5) is 0 Å². The molecule has 1 atom stereocenters. The molecule has 2 aromatic rings. The summed E-state index contributed by atoms with van der Waals surface area (Å²) in [6.45, 7) is 1.88. The second-order valence-corrected chi connectivity index (χ2v) is 4.20. The summed E-state index contributed by atoms with van der Waals surface area (Å²) < 4.78 is 0. The fourth-order valence-corrected chi connectivity index (χ4v) is 2.04. The molecular formula is C11H14N6. The minimum Gasteiger partial charge on any atom is -0.312 e. The van der Waals surface area contributed by atoms with E-state index in [2.05, 4.69) is 25.7 Å². The Morgan fingerprint density at radius 1 is 1.47 bits per heavy atom. The number of rotatable bonds is 3. The van der Waals surface area contributed by atoms with E-state index >= 15 is 0 Å². The molecule has 2 aromatic heterocycles. The van der Waals surface area contributed by atoms with Crippen LogP contribution in [0.3, 0.4) is 0 Å². The Kier molecular flexibility index (Phi) is 2.79. The molecule has 0 aromatic carbocycles. The van der Waals surface area contributed by atoms with Crippen LogP contribution in [0.25, 0.3) is 11.4 Å². The van der Waals surface area contributed by atoms with Crippen molar-refractivity contribution in [3.8, 4) is 11.4 Å². The number of aromatic nitrogens is 5. The molecule has 17 heavy (non-hydrogen) atoms. The second kappa shape index (κ2) is 4.58. The zero-order chi connectivity index (χ0) is 11.5. The molecule has 6 nitrogen and oxygen atoms in total. The van der Waals surface area contributed by atoms with Gasteiger partial charge in [-0.1, -0.05) is 0 Å². The third-order valence-corrected chi connectivity index (χ3v) is 2.92. The standard InChI is InChI=1S/C11H14N6/c1-3-9(7-12-5-1)11-14-16-17(15-11)8-10-4-2-6-13-10/h1,3,5,7,10,13H,2,4,6,8H2/t10-/m1/s1. The van der Waals surface area contributed by atoms with E-state index in [4.69, 9.17) is 0 Å². The summed E-state index contributed by atoms with van der Waals surface area (Å²) in [5, 5.41) is 15.9. The molecule has 0 saturated carbocycles. The smallest absolute Gasteiger partial charge is 0.206 e. The van der Waals surface area contributed by atoms with Crippen LogP contribution >= 0.6 is 0 Å². The van der Waals surface area contributed by atoms with Gasteiger partial charge in [-0.25, -0.2) is 0 Å². The van der Waals surface area contributed by atoms with Crippen molar-refractivity contribution in [3.63, 3.8) is 0 Å². The SMILES string of the molecule is c1cncc(-c2nnn(C[C@H]3CCCN3)n2)c1. The predicted molar refractivity (Wildman–Crippen MR) is 62.1 cm³/mol. The quantitative estimate of drug-likeness (QED) is 0.831. The average molecular weight is 230 g/mol. The van der Waals surface area contributed by atoms with Crippen LogP contribution in [0.1, 0.15) is 12.8 Å². The lowest BCUT2D eigenvalue weighted by molar-refractivity contribution is 0.429. The Bertz CT molecular complexity index is 474. The van der Waals surface area contributed by atoms with Crippen molar-refractivity contribution >= 4 is 0 Å². The summed E-state index contributed by atoms with van der Waals surface area (Å²) in [5.74, 6) is 0.635. The normalized spacial score (nSPS) is 19.6. The average Bonchev–Trinajstić information content (AvgIpc) is 3.02. The highest BCUT2D eigenvalue weighted by molar-refractivity contribution is 5.51. The number of pyridine rings is 1. The van der Waals surface area contributed by atoms with Crippen LogP contribution in [0.15, 0.2) is 24.5 Å². The molecule has 0 unspecified atom stereocenters. The summed E-state index contributed by atoms with van der Waals surface area (Å²) in [6.07, 6.45) is 5.89. The zero-order valence-electron chi connectivity index (χ0n) is 9.45. The molecule has 0 amide bonds. The van der Waals surface area contributed by atoms with Crippen molar-refractivity contribution in [2.24, 2.45) is 0 Å². The summed E-state index contributed by atoms with van der Waals surface area (Å²) >= 11 is 0. The van der Waals surface area contributed by atoms with E-state index in [1.807, 2.05) is 12.1 Å². The lowest BCUT2D eigenvalue weighted by atomic mass is 10.2. The molecule has 6 heteroatoms. The van der Waals surface area contributed by atoms with Crippen LogP contribution in [-0.4, -0.2) is 37.8 Å². The monoisotopic (exact) mass is 230 g/mol. The Labute approximate surface area is 99.1 Å². The first-order valence-corrected chi connectivity index (χ1v) is 5.83. The highest BCUT2D eigenvalue weighted by Gasteiger charge is 2.16. The molecule has 1 fully saturated rings. The second-order valence-electron chi connectivity index (χ2n) is 4.20. The summed E-state index contributed by atoms with van der Waals surface area (Å²) in [7, 11) is 0. The Hall–Kier alpha value is -1.82. The molecule has 1 N–H and O–H groups in total. The van der Waals surface area contributed by atoms with Gasteiger partial charge in [-0.3, -0.25) is 4.98 Å². The van der Waals surface area contributed by atoms with Crippen molar-refractivity contribution in [3.05, 3.63) is 24.5 Å². The van der Waals surface area contributed by atoms with E-state index in [1.165, 1.54) is 12.8 Å². The van der Waals surface area contributed by atoms with E-state index in [-0.39, 0.29) is 0 Å². The lowest BCUT2D eigenvalue weighted by Gasteiger charge is -2.07. The molecule has 0 bridgehead atoms. The number of nitrogens with zero attached hydrogens (tertiary/aromatic N) is 5. The number of nitrogens with one attached hydrogen (secondary N) is 1. The van der Waals surface area contributed by atoms with E-state index in [9.17, 15) is 0 Å². The molecule has 88 valence electrons. The fraction of sp³-hybridized carbons (Fsp3) is 0.455. The van der Waals surface area contributed by atoms with E-state index < -0.39 is 0 Å². The van der Waals surface area contributed by atoms with Gasteiger partial charge in [0.25, 0.3) is 0 Å².